The van der Waals surface area contributed by atoms with E-state index in [0.29, 0.717) is 51.0 Å². The SMILES string of the molecule is [2H]C(Nc1cc(Br)c2ncc(C#N)c(NCC(C)(C)C)c2c1)(c1ccc(F)cc1)c1cn(CC(O)CNC(C)(C)C)nn1. The number of halogens is 2. The van der Waals surface area contributed by atoms with E-state index in [1.165, 1.54) is 28.9 Å². The largest absolute Gasteiger partial charge is 0.390 e. The minimum Gasteiger partial charge on any atom is -0.390 e. The zero-order chi connectivity index (χ0) is 31.6. The number of aromatic nitrogens is 4. The first-order valence-corrected chi connectivity index (χ1v) is 14.5. The van der Waals surface area contributed by atoms with E-state index < -0.39 is 17.9 Å². The van der Waals surface area contributed by atoms with E-state index in [9.17, 15) is 16.1 Å². The minimum atomic E-state index is -1.69. The molecule has 11 heteroatoms. The van der Waals surface area contributed by atoms with Crippen LogP contribution in [0.4, 0.5) is 15.8 Å². The summed E-state index contributed by atoms with van der Waals surface area (Å²) in [7, 11) is 0. The second kappa shape index (κ2) is 12.7. The van der Waals surface area contributed by atoms with Crippen LogP contribution in [0.2, 0.25) is 0 Å². The van der Waals surface area contributed by atoms with Crippen molar-refractivity contribution in [3.8, 4) is 6.07 Å². The lowest BCUT2D eigenvalue weighted by Crippen LogP contribution is -2.42. The van der Waals surface area contributed by atoms with Crippen molar-refractivity contribution in [1.82, 2.24) is 25.3 Å². The number of β-amino-alcohol motifs (C(OH)–C–C–N with tert-alkyl or cyclic N) is 1. The highest BCUT2D eigenvalue weighted by atomic mass is 79.9. The highest BCUT2D eigenvalue weighted by Crippen LogP contribution is 2.36. The number of pyridine rings is 1. The molecule has 0 fully saturated rings. The first kappa shape index (κ1) is 29.9. The molecule has 0 aliphatic rings. The van der Waals surface area contributed by atoms with E-state index in [1.807, 2.05) is 26.8 Å². The smallest absolute Gasteiger partial charge is 0.123 e. The lowest BCUT2D eigenvalue weighted by molar-refractivity contribution is 0.137. The van der Waals surface area contributed by atoms with Crippen LogP contribution >= 0.6 is 15.9 Å². The van der Waals surface area contributed by atoms with Crippen LogP contribution in [0.1, 0.15) is 65.8 Å². The Labute approximate surface area is 256 Å². The molecular weight excluding hydrogens is 599 g/mol. The second-order valence-electron chi connectivity index (χ2n) is 12.5. The summed E-state index contributed by atoms with van der Waals surface area (Å²) in [5.74, 6) is -0.428. The maximum Gasteiger partial charge on any atom is 0.123 e. The Bertz CT molecular complexity index is 1620. The molecule has 0 bridgehead atoms. The molecule has 222 valence electrons. The fourth-order valence-corrected chi connectivity index (χ4v) is 4.77. The number of nitrogens with zero attached hydrogens (tertiary/aromatic N) is 5. The van der Waals surface area contributed by atoms with Gasteiger partial charge in [0.25, 0.3) is 0 Å². The Hall–Kier alpha value is -3.59. The highest BCUT2D eigenvalue weighted by Gasteiger charge is 2.22. The fraction of sp³-hybridized carbons (Fsp3) is 0.419. The molecule has 0 aliphatic carbocycles. The molecule has 2 unspecified atom stereocenters. The molecule has 2 aromatic heterocycles. The summed E-state index contributed by atoms with van der Waals surface area (Å²) < 4.78 is 25.7. The van der Waals surface area contributed by atoms with Gasteiger partial charge in [-0.05, 0) is 71.9 Å². The molecule has 0 saturated heterocycles. The van der Waals surface area contributed by atoms with E-state index in [-0.39, 0.29) is 23.2 Å². The normalized spacial score (nSPS) is 14.6. The van der Waals surface area contributed by atoms with Crippen molar-refractivity contribution >= 4 is 38.2 Å². The lowest BCUT2D eigenvalue weighted by Gasteiger charge is -2.23. The Kier molecular flexibility index (Phi) is 9.06. The third-order valence-electron chi connectivity index (χ3n) is 6.30. The summed E-state index contributed by atoms with van der Waals surface area (Å²) in [6.07, 6.45) is 2.41. The van der Waals surface area contributed by atoms with Gasteiger partial charge in [-0.2, -0.15) is 5.26 Å². The van der Waals surface area contributed by atoms with E-state index in [1.54, 1.807) is 18.5 Å². The maximum atomic E-state index is 13.9. The summed E-state index contributed by atoms with van der Waals surface area (Å²) in [5, 5.41) is 39.5. The average molecular weight is 639 g/mol. The van der Waals surface area contributed by atoms with Gasteiger partial charge in [-0.3, -0.25) is 4.98 Å². The van der Waals surface area contributed by atoms with Crippen LogP contribution in [-0.2, 0) is 6.54 Å². The van der Waals surface area contributed by atoms with Crippen molar-refractivity contribution in [2.24, 2.45) is 5.41 Å². The molecule has 4 aromatic rings. The molecular formula is C31H38BrFN8O. The predicted molar refractivity (Wildman–Crippen MR) is 168 cm³/mol. The number of rotatable bonds is 10. The second-order valence-corrected chi connectivity index (χ2v) is 13.4. The monoisotopic (exact) mass is 637 g/mol. The van der Waals surface area contributed by atoms with Gasteiger partial charge in [0.1, 0.15) is 17.6 Å². The van der Waals surface area contributed by atoms with Gasteiger partial charge in [0, 0.05) is 40.4 Å². The van der Waals surface area contributed by atoms with Gasteiger partial charge in [-0.1, -0.05) is 38.1 Å². The van der Waals surface area contributed by atoms with Crippen LogP contribution in [0.15, 0.2) is 53.3 Å². The van der Waals surface area contributed by atoms with Gasteiger partial charge in [0.05, 0.1) is 43.0 Å². The number of aliphatic hydroxyl groups is 1. The summed E-state index contributed by atoms with van der Waals surface area (Å²) in [4.78, 5) is 4.50. The van der Waals surface area contributed by atoms with Crippen LogP contribution in [-0.4, -0.2) is 49.8 Å². The molecule has 9 nitrogen and oxygen atoms in total. The van der Waals surface area contributed by atoms with Crippen LogP contribution in [0.25, 0.3) is 10.9 Å². The number of aliphatic hydroxyl groups excluding tert-OH is 1. The van der Waals surface area contributed by atoms with E-state index in [2.05, 4.69) is 74.0 Å². The van der Waals surface area contributed by atoms with Gasteiger partial charge < -0.3 is 21.1 Å². The summed E-state index contributed by atoms with van der Waals surface area (Å²) in [6, 6.07) is 9.80. The molecule has 0 aliphatic heterocycles. The molecule has 0 amide bonds. The highest BCUT2D eigenvalue weighted by molar-refractivity contribution is 9.10. The molecule has 2 atom stereocenters. The number of benzene rings is 2. The first-order valence-electron chi connectivity index (χ1n) is 14.2. The van der Waals surface area contributed by atoms with Crippen LogP contribution in [0.3, 0.4) is 0 Å². The van der Waals surface area contributed by atoms with Crippen LogP contribution < -0.4 is 16.0 Å². The van der Waals surface area contributed by atoms with Crippen LogP contribution in [0, 0.1) is 22.6 Å². The van der Waals surface area contributed by atoms with Gasteiger partial charge >= 0.3 is 0 Å². The number of hydrogen-bond donors (Lipinski definition) is 4. The maximum absolute atomic E-state index is 13.9. The van der Waals surface area contributed by atoms with Crippen molar-refractivity contribution in [2.45, 2.75) is 65.7 Å². The number of anilines is 2. The third kappa shape index (κ3) is 8.25. The Balaban J connectivity index is 1.75. The standard InChI is InChI=1S/C31H38BrFN8O/c1-30(2,3)18-36-27-20(13-34)14-35-29-24(27)11-22(12-25(29)32)38-28(19-7-9-21(33)10-8-19)26-17-41(40-39-26)16-23(42)15-37-31(4,5)6/h7-12,14,17,23,28,37-38,42H,15-16,18H2,1-6H3,(H,35,36)/i28D. The number of fused-ring (bicyclic) bond motifs is 1. The van der Waals surface area contributed by atoms with Crippen molar-refractivity contribution in [2.75, 3.05) is 23.7 Å². The fourth-order valence-electron chi connectivity index (χ4n) is 4.21. The Morgan fingerprint density at radius 2 is 1.88 bits per heavy atom. The van der Waals surface area contributed by atoms with Crippen molar-refractivity contribution in [3.05, 3.63) is 75.9 Å². The number of nitriles is 1. The first-order chi connectivity index (χ1) is 20.1. The molecule has 42 heavy (non-hydrogen) atoms. The van der Waals surface area contributed by atoms with Crippen molar-refractivity contribution in [1.29, 1.82) is 5.26 Å². The third-order valence-corrected chi connectivity index (χ3v) is 6.91. The Morgan fingerprint density at radius 3 is 2.52 bits per heavy atom. The van der Waals surface area contributed by atoms with Crippen molar-refractivity contribution < 1.29 is 10.9 Å². The van der Waals surface area contributed by atoms with Gasteiger partial charge in [-0.25, -0.2) is 9.07 Å². The van der Waals surface area contributed by atoms with Gasteiger partial charge in [0.15, 0.2) is 0 Å². The van der Waals surface area contributed by atoms with Gasteiger partial charge in [-0.15, -0.1) is 5.10 Å². The molecule has 0 saturated carbocycles. The lowest BCUT2D eigenvalue weighted by atomic mass is 9.96. The van der Waals surface area contributed by atoms with E-state index in [4.69, 9.17) is 0 Å². The number of hydrogen-bond acceptors (Lipinski definition) is 8. The van der Waals surface area contributed by atoms with Gasteiger partial charge in [0.2, 0.25) is 0 Å². The zero-order valence-electron chi connectivity index (χ0n) is 25.8. The van der Waals surface area contributed by atoms with E-state index in [0.717, 1.165) is 0 Å². The summed E-state index contributed by atoms with van der Waals surface area (Å²) in [6.45, 7) is 13.5. The average Bonchev–Trinajstić information content (AvgIpc) is 3.39. The molecule has 2 aromatic carbocycles. The summed E-state index contributed by atoms with van der Waals surface area (Å²) >= 11 is 3.62. The molecule has 2 heterocycles. The zero-order valence-corrected chi connectivity index (χ0v) is 26.3. The molecule has 4 rings (SSSR count). The minimum absolute atomic E-state index is 0.0451. The Morgan fingerprint density at radius 1 is 1.17 bits per heavy atom. The predicted octanol–water partition coefficient (Wildman–Crippen LogP) is 6.01. The quantitative estimate of drug-likeness (QED) is 0.167. The molecule has 4 N–H and O–H groups in total. The topological polar surface area (TPSA) is 124 Å². The summed E-state index contributed by atoms with van der Waals surface area (Å²) in [5.41, 5.74) is 2.73. The van der Waals surface area contributed by atoms with Crippen LogP contribution in [0.5, 0.6) is 0 Å². The van der Waals surface area contributed by atoms with Crippen molar-refractivity contribution in [3.63, 3.8) is 0 Å². The molecule has 0 radical (unpaired) electrons. The van der Waals surface area contributed by atoms with E-state index >= 15 is 0 Å². The number of nitrogens with one attached hydrogen (secondary N) is 3. The molecule has 0 spiro atoms.